The van der Waals surface area contributed by atoms with Crippen molar-refractivity contribution in [2.24, 2.45) is 16.6 Å². The van der Waals surface area contributed by atoms with Crippen LogP contribution in [0.2, 0.25) is 0 Å². The van der Waals surface area contributed by atoms with Crippen molar-refractivity contribution in [1.82, 2.24) is 15.1 Å². The number of nitrogens with two attached hydrogens (primary N) is 1. The maximum Gasteiger partial charge on any atom is 0.188 e. The molecule has 6 heteroatoms. The lowest BCUT2D eigenvalue weighted by molar-refractivity contribution is 0.195. The van der Waals surface area contributed by atoms with Crippen LogP contribution in [0, 0.1) is 5.92 Å². The van der Waals surface area contributed by atoms with Crippen molar-refractivity contribution in [2.45, 2.75) is 45.6 Å². The first-order valence-corrected chi connectivity index (χ1v) is 8.69. The third-order valence-corrected chi connectivity index (χ3v) is 4.99. The second kappa shape index (κ2) is 10.6. The van der Waals surface area contributed by atoms with Crippen molar-refractivity contribution < 1.29 is 0 Å². The van der Waals surface area contributed by atoms with Crippen LogP contribution in [0.3, 0.4) is 0 Å². The molecule has 1 unspecified atom stereocenters. The van der Waals surface area contributed by atoms with E-state index in [4.69, 9.17) is 5.73 Å². The summed E-state index contributed by atoms with van der Waals surface area (Å²) in [5.74, 6) is 1.51. The second-order valence-corrected chi connectivity index (χ2v) is 6.60. The molecule has 22 heavy (non-hydrogen) atoms. The third-order valence-electron chi connectivity index (χ3n) is 4.99. The fourth-order valence-electron chi connectivity index (χ4n) is 3.41. The van der Waals surface area contributed by atoms with E-state index in [0.29, 0.717) is 12.0 Å². The number of aliphatic imine (C=N–C) groups is 1. The normalized spacial score (nSPS) is 25.2. The van der Waals surface area contributed by atoms with Gasteiger partial charge in [-0.05, 0) is 57.8 Å². The highest BCUT2D eigenvalue weighted by molar-refractivity contribution is 14.0. The number of rotatable bonds is 6. The number of likely N-dealkylation sites (tertiary alicyclic amines) is 2. The SMILES string of the molecule is CCN1CCCC1CN=C(N)NCCN1CCC(C)CC1.I. The van der Waals surface area contributed by atoms with E-state index in [1.165, 1.54) is 45.3 Å². The molecule has 2 saturated heterocycles. The predicted octanol–water partition coefficient (Wildman–Crippen LogP) is 1.72. The molecule has 3 N–H and O–H groups in total. The number of likely N-dealkylation sites (N-methyl/N-ethyl adjacent to an activating group) is 1. The average molecular weight is 423 g/mol. The summed E-state index contributed by atoms with van der Waals surface area (Å²) in [7, 11) is 0. The first kappa shape index (κ1) is 20.0. The van der Waals surface area contributed by atoms with Gasteiger partial charge in [0, 0.05) is 19.1 Å². The molecule has 0 aromatic rings. The fourth-order valence-corrected chi connectivity index (χ4v) is 3.41. The second-order valence-electron chi connectivity index (χ2n) is 6.60. The largest absolute Gasteiger partial charge is 0.370 e. The van der Waals surface area contributed by atoms with Crippen LogP contribution in [0.15, 0.2) is 4.99 Å². The van der Waals surface area contributed by atoms with Crippen molar-refractivity contribution in [3.63, 3.8) is 0 Å². The van der Waals surface area contributed by atoms with Gasteiger partial charge in [0.05, 0.1) is 6.54 Å². The zero-order valence-electron chi connectivity index (χ0n) is 14.3. The first-order valence-electron chi connectivity index (χ1n) is 8.69. The van der Waals surface area contributed by atoms with Gasteiger partial charge in [-0.3, -0.25) is 9.89 Å². The minimum Gasteiger partial charge on any atom is -0.370 e. The molecule has 5 nitrogen and oxygen atoms in total. The topological polar surface area (TPSA) is 56.9 Å². The molecule has 0 saturated carbocycles. The molecule has 0 aromatic carbocycles. The lowest BCUT2D eigenvalue weighted by Crippen LogP contribution is -2.42. The zero-order chi connectivity index (χ0) is 15.1. The Bertz CT molecular complexity index is 328. The summed E-state index contributed by atoms with van der Waals surface area (Å²) in [6, 6.07) is 0.596. The molecular formula is C16H34IN5. The minimum absolute atomic E-state index is 0. The predicted molar refractivity (Wildman–Crippen MR) is 105 cm³/mol. The molecule has 0 aromatic heterocycles. The average Bonchev–Trinajstić information content (AvgIpc) is 2.95. The molecule has 1 atom stereocenters. The van der Waals surface area contributed by atoms with E-state index < -0.39 is 0 Å². The minimum atomic E-state index is 0. The molecule has 0 amide bonds. The molecular weight excluding hydrogens is 389 g/mol. The molecule has 0 spiro atoms. The standard InChI is InChI=1S/C16H33N5.HI/c1-3-21-9-4-5-15(21)13-19-16(17)18-8-12-20-10-6-14(2)7-11-20;/h14-15H,3-13H2,1-2H3,(H3,17,18,19);1H. The van der Waals surface area contributed by atoms with Gasteiger partial charge in [0.25, 0.3) is 0 Å². The number of hydrogen-bond donors (Lipinski definition) is 2. The summed E-state index contributed by atoms with van der Waals surface area (Å²) in [6.45, 7) is 12.2. The van der Waals surface area contributed by atoms with Crippen LogP contribution in [0.5, 0.6) is 0 Å². The van der Waals surface area contributed by atoms with Gasteiger partial charge in [0.15, 0.2) is 5.96 Å². The van der Waals surface area contributed by atoms with Gasteiger partial charge in [-0.25, -0.2) is 0 Å². The van der Waals surface area contributed by atoms with E-state index in [9.17, 15) is 0 Å². The monoisotopic (exact) mass is 423 g/mol. The van der Waals surface area contributed by atoms with E-state index in [2.05, 4.69) is 34.0 Å². The van der Waals surface area contributed by atoms with Gasteiger partial charge in [-0.15, -0.1) is 24.0 Å². The van der Waals surface area contributed by atoms with Crippen molar-refractivity contribution in [3.05, 3.63) is 0 Å². The highest BCUT2D eigenvalue weighted by Gasteiger charge is 2.22. The summed E-state index contributed by atoms with van der Waals surface area (Å²) < 4.78 is 0. The number of guanidine groups is 1. The molecule has 2 aliphatic rings. The molecule has 2 heterocycles. The Labute approximate surface area is 153 Å². The summed E-state index contributed by atoms with van der Waals surface area (Å²) in [4.78, 5) is 9.55. The van der Waals surface area contributed by atoms with E-state index in [1.807, 2.05) is 0 Å². The molecule has 2 rings (SSSR count). The number of nitrogens with one attached hydrogen (secondary N) is 1. The summed E-state index contributed by atoms with van der Waals surface area (Å²) in [5.41, 5.74) is 5.98. The van der Waals surface area contributed by atoms with Gasteiger partial charge >= 0.3 is 0 Å². The highest BCUT2D eigenvalue weighted by Crippen LogP contribution is 2.16. The summed E-state index contributed by atoms with van der Waals surface area (Å²) >= 11 is 0. The maximum atomic E-state index is 5.98. The molecule has 2 aliphatic heterocycles. The molecule has 0 bridgehead atoms. The van der Waals surface area contributed by atoms with Crippen LogP contribution < -0.4 is 11.1 Å². The van der Waals surface area contributed by atoms with E-state index in [0.717, 1.165) is 32.1 Å². The number of hydrogen-bond acceptors (Lipinski definition) is 3. The molecule has 0 aliphatic carbocycles. The Morgan fingerprint density at radius 3 is 2.64 bits per heavy atom. The fraction of sp³-hybridized carbons (Fsp3) is 0.938. The van der Waals surface area contributed by atoms with Crippen LogP contribution >= 0.6 is 24.0 Å². The zero-order valence-corrected chi connectivity index (χ0v) is 16.6. The third kappa shape index (κ3) is 6.58. The maximum absolute atomic E-state index is 5.98. The lowest BCUT2D eigenvalue weighted by Gasteiger charge is -2.30. The molecule has 0 radical (unpaired) electrons. The Morgan fingerprint density at radius 1 is 1.23 bits per heavy atom. The van der Waals surface area contributed by atoms with Crippen molar-refractivity contribution in [3.8, 4) is 0 Å². The smallest absolute Gasteiger partial charge is 0.188 e. The molecule has 2 fully saturated rings. The number of nitrogens with zero attached hydrogens (tertiary/aromatic N) is 3. The lowest BCUT2D eigenvalue weighted by atomic mass is 9.99. The first-order chi connectivity index (χ1) is 10.2. The van der Waals surface area contributed by atoms with Crippen LogP contribution in [0.25, 0.3) is 0 Å². The Hall–Kier alpha value is -0.0800. The van der Waals surface area contributed by atoms with Gasteiger partial charge in [-0.2, -0.15) is 0 Å². The van der Waals surface area contributed by atoms with E-state index in [-0.39, 0.29) is 24.0 Å². The van der Waals surface area contributed by atoms with Crippen molar-refractivity contribution in [2.75, 3.05) is 45.8 Å². The van der Waals surface area contributed by atoms with Gasteiger partial charge in [0.2, 0.25) is 0 Å². The van der Waals surface area contributed by atoms with Crippen LogP contribution in [0.4, 0.5) is 0 Å². The number of piperidine rings is 1. The van der Waals surface area contributed by atoms with Crippen LogP contribution in [0.1, 0.15) is 39.5 Å². The van der Waals surface area contributed by atoms with Crippen molar-refractivity contribution in [1.29, 1.82) is 0 Å². The van der Waals surface area contributed by atoms with Crippen molar-refractivity contribution >= 4 is 29.9 Å². The Morgan fingerprint density at radius 2 is 1.95 bits per heavy atom. The van der Waals surface area contributed by atoms with Crippen LogP contribution in [-0.4, -0.2) is 67.6 Å². The Kier molecular flexibility index (Phi) is 9.66. The van der Waals surface area contributed by atoms with E-state index >= 15 is 0 Å². The van der Waals surface area contributed by atoms with Gasteiger partial charge < -0.3 is 16.0 Å². The molecule has 130 valence electrons. The van der Waals surface area contributed by atoms with Gasteiger partial charge in [-0.1, -0.05) is 13.8 Å². The van der Waals surface area contributed by atoms with E-state index in [1.54, 1.807) is 0 Å². The Balaban J connectivity index is 0.00000242. The highest BCUT2D eigenvalue weighted by atomic mass is 127. The summed E-state index contributed by atoms with van der Waals surface area (Å²) in [6.07, 6.45) is 5.22. The quantitative estimate of drug-likeness (QED) is 0.388. The number of halogens is 1. The summed E-state index contributed by atoms with van der Waals surface area (Å²) in [5, 5.41) is 3.27. The van der Waals surface area contributed by atoms with Gasteiger partial charge in [0.1, 0.15) is 0 Å². The van der Waals surface area contributed by atoms with Crippen LogP contribution in [-0.2, 0) is 0 Å².